The van der Waals surface area contributed by atoms with Gasteiger partial charge in [-0.2, -0.15) is 5.10 Å². The second-order valence-corrected chi connectivity index (χ2v) is 9.38. The highest BCUT2D eigenvalue weighted by atomic mass is 16.2. The maximum atomic E-state index is 13.1. The molecule has 1 aliphatic heterocycles. The Bertz CT molecular complexity index is 1420. The Hall–Kier alpha value is -4.12. The van der Waals surface area contributed by atoms with Crippen LogP contribution in [0.15, 0.2) is 43.0 Å². The van der Waals surface area contributed by atoms with Crippen molar-refractivity contribution in [3.05, 3.63) is 54.5 Å². The summed E-state index contributed by atoms with van der Waals surface area (Å²) in [5.74, 6) is 0.0780. The Morgan fingerprint density at radius 1 is 1.06 bits per heavy atom. The molecule has 0 aliphatic carbocycles. The van der Waals surface area contributed by atoms with Crippen molar-refractivity contribution in [2.75, 3.05) is 30.8 Å². The molecule has 11 nitrogen and oxygen atoms in total. The van der Waals surface area contributed by atoms with Crippen LogP contribution in [-0.2, 0) is 11.8 Å². The van der Waals surface area contributed by atoms with Gasteiger partial charge in [0.2, 0.25) is 11.7 Å². The predicted molar refractivity (Wildman–Crippen MR) is 136 cm³/mol. The number of pyridine rings is 2. The number of carbonyl (C=O) groups is 2. The van der Waals surface area contributed by atoms with Gasteiger partial charge >= 0.3 is 0 Å². The fraction of sp³-hybridized carbons (Fsp3) is 0.360. The first kappa shape index (κ1) is 23.6. The summed E-state index contributed by atoms with van der Waals surface area (Å²) >= 11 is 0. The number of fused-ring (bicyclic) bond motifs is 1. The first-order valence-electron chi connectivity index (χ1n) is 12.0. The standard InChI is InChI=1S/C25H29N9O2/c1-16-21(12-20(14-26-16)28-23(35)10-17-4-7-32(2)8-5-17)29-25(36)24-31-30-22-11-18(6-9-34(22)24)19-13-27-33(3)15-19/h6,9,11-15,17H,4-5,7-8,10H2,1-3H3,(H,28,35)(H,29,36). The fourth-order valence-corrected chi connectivity index (χ4v) is 4.44. The molecule has 0 saturated carbocycles. The van der Waals surface area contributed by atoms with Gasteiger partial charge in [-0.25, -0.2) is 0 Å². The van der Waals surface area contributed by atoms with E-state index in [2.05, 4.69) is 42.9 Å². The Balaban J connectivity index is 1.27. The third kappa shape index (κ3) is 5.10. The molecule has 0 unspecified atom stereocenters. The zero-order chi connectivity index (χ0) is 25.2. The van der Waals surface area contributed by atoms with Gasteiger partial charge in [0.25, 0.3) is 5.91 Å². The quantitative estimate of drug-likeness (QED) is 0.429. The molecular formula is C25H29N9O2. The van der Waals surface area contributed by atoms with Crippen LogP contribution in [0.25, 0.3) is 16.8 Å². The number of hydrogen-bond donors (Lipinski definition) is 2. The lowest BCUT2D eigenvalue weighted by molar-refractivity contribution is -0.117. The highest BCUT2D eigenvalue weighted by Gasteiger charge is 2.20. The summed E-state index contributed by atoms with van der Waals surface area (Å²) in [6, 6.07) is 5.46. The van der Waals surface area contributed by atoms with E-state index in [0.717, 1.165) is 37.1 Å². The van der Waals surface area contributed by atoms with Crippen molar-refractivity contribution in [3.63, 3.8) is 0 Å². The monoisotopic (exact) mass is 487 g/mol. The number of carbonyl (C=O) groups excluding carboxylic acids is 2. The van der Waals surface area contributed by atoms with E-state index in [0.29, 0.717) is 35.1 Å². The van der Waals surface area contributed by atoms with Crippen LogP contribution in [0.2, 0.25) is 0 Å². The molecule has 5 heterocycles. The molecule has 0 bridgehead atoms. The van der Waals surface area contributed by atoms with Gasteiger partial charge in [-0.15, -0.1) is 10.2 Å². The van der Waals surface area contributed by atoms with Gasteiger partial charge in [0.15, 0.2) is 5.65 Å². The van der Waals surface area contributed by atoms with E-state index < -0.39 is 5.91 Å². The highest BCUT2D eigenvalue weighted by molar-refractivity contribution is 6.03. The molecule has 0 radical (unpaired) electrons. The first-order chi connectivity index (χ1) is 17.4. The second-order valence-electron chi connectivity index (χ2n) is 9.38. The van der Waals surface area contributed by atoms with Gasteiger partial charge in [-0.3, -0.25) is 23.7 Å². The van der Waals surface area contributed by atoms with Gasteiger partial charge in [-0.1, -0.05) is 0 Å². The van der Waals surface area contributed by atoms with Crippen LogP contribution in [0, 0.1) is 12.8 Å². The minimum absolute atomic E-state index is 0.0413. The summed E-state index contributed by atoms with van der Waals surface area (Å²) in [5.41, 5.74) is 4.10. The highest BCUT2D eigenvalue weighted by Crippen LogP contribution is 2.23. The molecule has 5 rings (SSSR count). The van der Waals surface area contributed by atoms with Crippen molar-refractivity contribution in [1.82, 2.24) is 34.3 Å². The number of hydrogen-bond acceptors (Lipinski definition) is 7. The Kier molecular flexibility index (Phi) is 6.47. The molecule has 0 aromatic carbocycles. The van der Waals surface area contributed by atoms with Gasteiger partial charge in [0.1, 0.15) is 0 Å². The molecule has 4 aromatic rings. The van der Waals surface area contributed by atoms with E-state index in [1.165, 1.54) is 0 Å². The number of anilines is 2. The number of piperidine rings is 1. The number of aromatic nitrogens is 6. The molecule has 4 aromatic heterocycles. The molecule has 36 heavy (non-hydrogen) atoms. The lowest BCUT2D eigenvalue weighted by Gasteiger charge is -2.28. The second kappa shape index (κ2) is 9.86. The minimum Gasteiger partial charge on any atom is -0.325 e. The van der Waals surface area contributed by atoms with Crippen LogP contribution in [0.5, 0.6) is 0 Å². The van der Waals surface area contributed by atoms with Crippen molar-refractivity contribution in [2.24, 2.45) is 13.0 Å². The summed E-state index contributed by atoms with van der Waals surface area (Å²) in [6.07, 6.45) is 9.56. The maximum absolute atomic E-state index is 13.1. The number of likely N-dealkylation sites (tertiary alicyclic amines) is 1. The Morgan fingerprint density at radius 2 is 1.86 bits per heavy atom. The predicted octanol–water partition coefficient (Wildman–Crippen LogP) is 2.76. The fourth-order valence-electron chi connectivity index (χ4n) is 4.44. The molecule has 1 aliphatic rings. The third-order valence-corrected chi connectivity index (χ3v) is 6.58. The number of amides is 2. The van der Waals surface area contributed by atoms with E-state index in [-0.39, 0.29) is 11.7 Å². The Morgan fingerprint density at radius 3 is 2.61 bits per heavy atom. The average Bonchev–Trinajstić information content (AvgIpc) is 3.48. The lowest BCUT2D eigenvalue weighted by atomic mass is 9.93. The van der Waals surface area contributed by atoms with Crippen molar-refractivity contribution in [2.45, 2.75) is 26.2 Å². The van der Waals surface area contributed by atoms with Crippen LogP contribution in [0.3, 0.4) is 0 Å². The summed E-state index contributed by atoms with van der Waals surface area (Å²) in [5, 5.41) is 18.2. The number of nitrogens with one attached hydrogen (secondary N) is 2. The number of rotatable bonds is 6. The average molecular weight is 488 g/mol. The van der Waals surface area contributed by atoms with Crippen molar-refractivity contribution in [1.29, 1.82) is 0 Å². The zero-order valence-electron chi connectivity index (χ0n) is 20.6. The summed E-state index contributed by atoms with van der Waals surface area (Å²) < 4.78 is 3.36. The topological polar surface area (TPSA) is 122 Å². The molecule has 0 spiro atoms. The Labute approximate surface area is 208 Å². The van der Waals surface area contributed by atoms with Crippen LogP contribution in [-0.4, -0.2) is 66.2 Å². The molecule has 2 N–H and O–H groups in total. The summed E-state index contributed by atoms with van der Waals surface area (Å²) in [6.45, 7) is 3.83. The summed E-state index contributed by atoms with van der Waals surface area (Å²) in [4.78, 5) is 32.3. The van der Waals surface area contributed by atoms with E-state index in [9.17, 15) is 9.59 Å². The molecule has 2 amide bonds. The van der Waals surface area contributed by atoms with Gasteiger partial charge in [0, 0.05) is 31.4 Å². The zero-order valence-corrected chi connectivity index (χ0v) is 20.6. The van der Waals surface area contributed by atoms with Crippen molar-refractivity contribution in [3.8, 4) is 11.1 Å². The van der Waals surface area contributed by atoms with E-state index in [4.69, 9.17) is 0 Å². The molecule has 11 heteroatoms. The van der Waals surface area contributed by atoms with E-state index >= 15 is 0 Å². The SMILES string of the molecule is Cc1ncc(NC(=O)CC2CCN(C)CC2)cc1NC(=O)c1nnc2cc(-c3cnn(C)c3)ccn12. The normalized spacial score (nSPS) is 14.8. The molecule has 0 atom stereocenters. The first-order valence-corrected chi connectivity index (χ1v) is 12.0. The van der Waals surface area contributed by atoms with Crippen molar-refractivity contribution < 1.29 is 9.59 Å². The van der Waals surface area contributed by atoms with Crippen LogP contribution in [0.1, 0.15) is 35.6 Å². The van der Waals surface area contributed by atoms with E-state index in [1.807, 2.05) is 25.4 Å². The molecule has 1 saturated heterocycles. The largest absolute Gasteiger partial charge is 0.325 e. The van der Waals surface area contributed by atoms with Crippen LogP contribution >= 0.6 is 0 Å². The molecule has 1 fully saturated rings. The summed E-state index contributed by atoms with van der Waals surface area (Å²) in [7, 11) is 3.96. The molecule has 186 valence electrons. The third-order valence-electron chi connectivity index (χ3n) is 6.58. The minimum atomic E-state index is -0.420. The van der Waals surface area contributed by atoms with Gasteiger partial charge in [-0.05, 0) is 69.6 Å². The lowest BCUT2D eigenvalue weighted by Crippen LogP contribution is -2.31. The van der Waals surface area contributed by atoms with E-state index in [1.54, 1.807) is 40.7 Å². The van der Waals surface area contributed by atoms with Crippen molar-refractivity contribution >= 4 is 28.8 Å². The van der Waals surface area contributed by atoms with Crippen LogP contribution < -0.4 is 10.6 Å². The molecular weight excluding hydrogens is 458 g/mol. The van der Waals surface area contributed by atoms with Gasteiger partial charge < -0.3 is 15.5 Å². The number of aryl methyl sites for hydroxylation is 2. The number of nitrogens with zero attached hydrogens (tertiary/aromatic N) is 7. The van der Waals surface area contributed by atoms with Crippen LogP contribution in [0.4, 0.5) is 11.4 Å². The maximum Gasteiger partial charge on any atom is 0.294 e. The smallest absolute Gasteiger partial charge is 0.294 e. The van der Waals surface area contributed by atoms with Gasteiger partial charge in [0.05, 0.1) is 29.5 Å².